The molecule has 2 N–H and O–H groups in total. The molecule has 2 aromatic rings. The number of hydrogen-bond acceptors (Lipinski definition) is 4. The number of hydrogen-bond donors (Lipinski definition) is 2. The van der Waals surface area contributed by atoms with Gasteiger partial charge in [-0.25, -0.2) is 4.79 Å². The average Bonchev–Trinajstić information content (AvgIpc) is 2.44. The van der Waals surface area contributed by atoms with Crippen LogP contribution in [0.2, 0.25) is 0 Å². The van der Waals surface area contributed by atoms with Crippen LogP contribution in [0.1, 0.15) is 38.2 Å². The van der Waals surface area contributed by atoms with Crippen LogP contribution in [0.5, 0.6) is 0 Å². The van der Waals surface area contributed by atoms with Crippen molar-refractivity contribution in [2.75, 3.05) is 11.9 Å². The number of carboxylic acids is 1. The van der Waals surface area contributed by atoms with E-state index in [9.17, 15) is 9.90 Å². The molecule has 0 unspecified atom stereocenters. The van der Waals surface area contributed by atoms with E-state index in [1.54, 1.807) is 0 Å². The molecule has 0 aliphatic heterocycles. The van der Waals surface area contributed by atoms with E-state index < -0.39 is 5.97 Å². The molecule has 0 saturated heterocycles. The van der Waals surface area contributed by atoms with Crippen LogP contribution in [0.4, 0.5) is 5.69 Å². The van der Waals surface area contributed by atoms with E-state index >= 15 is 0 Å². The van der Waals surface area contributed by atoms with Gasteiger partial charge in [0.25, 0.3) is 0 Å². The molecule has 112 valence electrons. The third-order valence-corrected chi connectivity index (χ3v) is 4.15. The Morgan fingerprint density at radius 1 is 1.29 bits per heavy atom. The first-order valence-electron chi connectivity index (χ1n) is 7.05. The number of aromatic carboxylic acids is 1. The number of nitrogens with one attached hydrogen (secondary N) is 1. The molecule has 2 rings (SSSR count). The highest BCUT2D eigenvalue weighted by molar-refractivity contribution is 6.02. The Kier molecular flexibility index (Phi) is 4.11. The fourth-order valence-electron chi connectivity index (χ4n) is 1.90. The van der Waals surface area contributed by atoms with Crippen molar-refractivity contribution in [2.45, 2.75) is 27.7 Å². The van der Waals surface area contributed by atoms with Crippen molar-refractivity contribution in [1.82, 2.24) is 10.2 Å². The molecule has 1 heterocycles. The maximum absolute atomic E-state index is 11.4. The van der Waals surface area contributed by atoms with Gasteiger partial charge in [0.05, 0.1) is 11.2 Å². The Bertz CT molecular complexity index is 666. The fourth-order valence-corrected chi connectivity index (χ4v) is 1.90. The predicted octanol–water partition coefficient (Wildman–Crippen LogP) is 3.42. The quantitative estimate of drug-likeness (QED) is 0.881. The number of fused-ring (bicyclic) bond motifs is 1. The van der Waals surface area contributed by atoms with Crippen molar-refractivity contribution in [3.05, 3.63) is 30.0 Å². The van der Waals surface area contributed by atoms with Gasteiger partial charge in [0.1, 0.15) is 0 Å². The van der Waals surface area contributed by atoms with Gasteiger partial charge in [0.15, 0.2) is 5.69 Å². The van der Waals surface area contributed by atoms with Crippen LogP contribution < -0.4 is 5.32 Å². The molecular weight excluding hydrogens is 266 g/mol. The van der Waals surface area contributed by atoms with Gasteiger partial charge < -0.3 is 10.4 Å². The maximum atomic E-state index is 11.4. The molecule has 0 saturated carbocycles. The second-order valence-electron chi connectivity index (χ2n) is 6.24. The minimum atomic E-state index is -1.07. The molecule has 0 aliphatic carbocycles. The number of anilines is 1. The standard InChI is InChI=1S/C16H21N3O2/c1-10(2)16(3,4)9-17-13-11-7-5-6-8-12(11)18-19-14(13)15(20)21/h5-8,10H,9H2,1-4H3,(H,17,18)(H,20,21). The van der Waals surface area contributed by atoms with E-state index in [0.717, 1.165) is 5.39 Å². The SMILES string of the molecule is CC(C)C(C)(C)CNc1c(C(=O)O)nnc2ccccc12. The first-order chi connectivity index (χ1) is 9.83. The normalized spacial score (nSPS) is 11.9. The van der Waals surface area contributed by atoms with E-state index in [1.165, 1.54) is 0 Å². The highest BCUT2D eigenvalue weighted by atomic mass is 16.4. The number of benzene rings is 1. The van der Waals surface area contributed by atoms with Crippen LogP contribution in [0.3, 0.4) is 0 Å². The Balaban J connectivity index is 2.45. The molecule has 0 bridgehead atoms. The van der Waals surface area contributed by atoms with Gasteiger partial charge in [0, 0.05) is 11.9 Å². The molecule has 0 aliphatic rings. The molecular formula is C16H21N3O2. The lowest BCUT2D eigenvalue weighted by molar-refractivity contribution is 0.0690. The lowest BCUT2D eigenvalue weighted by Crippen LogP contribution is -2.29. The Morgan fingerprint density at radius 2 is 1.95 bits per heavy atom. The second-order valence-corrected chi connectivity index (χ2v) is 6.24. The number of aromatic nitrogens is 2. The Hall–Kier alpha value is -2.17. The third-order valence-electron chi connectivity index (χ3n) is 4.15. The number of carboxylic acid groups (broad SMARTS) is 1. The summed E-state index contributed by atoms with van der Waals surface area (Å²) in [6.45, 7) is 9.29. The highest BCUT2D eigenvalue weighted by Crippen LogP contribution is 2.29. The molecule has 0 spiro atoms. The molecule has 0 atom stereocenters. The summed E-state index contributed by atoms with van der Waals surface area (Å²) in [5.41, 5.74) is 1.24. The Labute approximate surface area is 124 Å². The van der Waals surface area contributed by atoms with Gasteiger partial charge in [0.2, 0.25) is 0 Å². The summed E-state index contributed by atoms with van der Waals surface area (Å²) in [7, 11) is 0. The van der Waals surface area contributed by atoms with Crippen LogP contribution in [0.25, 0.3) is 10.9 Å². The largest absolute Gasteiger partial charge is 0.476 e. The maximum Gasteiger partial charge on any atom is 0.358 e. The van der Waals surface area contributed by atoms with E-state index in [-0.39, 0.29) is 11.1 Å². The van der Waals surface area contributed by atoms with Crippen molar-refractivity contribution in [3.8, 4) is 0 Å². The van der Waals surface area contributed by atoms with Crippen molar-refractivity contribution < 1.29 is 9.90 Å². The fraction of sp³-hybridized carbons (Fsp3) is 0.438. The highest BCUT2D eigenvalue weighted by Gasteiger charge is 2.24. The van der Waals surface area contributed by atoms with Crippen LogP contribution in [-0.4, -0.2) is 27.8 Å². The summed E-state index contributed by atoms with van der Waals surface area (Å²) in [4.78, 5) is 11.4. The smallest absolute Gasteiger partial charge is 0.358 e. The molecule has 5 nitrogen and oxygen atoms in total. The molecule has 1 aromatic heterocycles. The van der Waals surface area contributed by atoms with Crippen LogP contribution in [0.15, 0.2) is 24.3 Å². The molecule has 0 radical (unpaired) electrons. The topological polar surface area (TPSA) is 75.1 Å². The monoisotopic (exact) mass is 287 g/mol. The van der Waals surface area contributed by atoms with Gasteiger partial charge in [-0.15, -0.1) is 10.2 Å². The molecule has 1 aromatic carbocycles. The summed E-state index contributed by atoms with van der Waals surface area (Å²) >= 11 is 0. The first-order valence-corrected chi connectivity index (χ1v) is 7.05. The predicted molar refractivity (Wildman–Crippen MR) is 83.6 cm³/mol. The summed E-state index contributed by atoms with van der Waals surface area (Å²) in [6, 6.07) is 7.42. The van der Waals surface area contributed by atoms with E-state index in [4.69, 9.17) is 0 Å². The number of carbonyl (C=O) groups is 1. The van der Waals surface area contributed by atoms with E-state index in [0.29, 0.717) is 23.7 Å². The van der Waals surface area contributed by atoms with Gasteiger partial charge >= 0.3 is 5.97 Å². The molecule has 0 fully saturated rings. The zero-order valence-electron chi connectivity index (χ0n) is 12.8. The summed E-state index contributed by atoms with van der Waals surface area (Å²) < 4.78 is 0. The van der Waals surface area contributed by atoms with Crippen LogP contribution in [0, 0.1) is 11.3 Å². The Morgan fingerprint density at radius 3 is 2.57 bits per heavy atom. The third kappa shape index (κ3) is 3.12. The van der Waals surface area contributed by atoms with Gasteiger partial charge in [-0.05, 0) is 17.4 Å². The summed E-state index contributed by atoms with van der Waals surface area (Å²) in [5, 5.41) is 21.2. The lowest BCUT2D eigenvalue weighted by Gasteiger charge is -2.30. The first kappa shape index (κ1) is 15.2. The minimum absolute atomic E-state index is 0.0340. The molecule has 21 heavy (non-hydrogen) atoms. The van der Waals surface area contributed by atoms with E-state index in [2.05, 4.69) is 43.2 Å². The van der Waals surface area contributed by atoms with Crippen molar-refractivity contribution in [2.24, 2.45) is 11.3 Å². The second kappa shape index (κ2) is 5.68. The van der Waals surface area contributed by atoms with Crippen LogP contribution >= 0.6 is 0 Å². The number of nitrogens with zero attached hydrogens (tertiary/aromatic N) is 2. The van der Waals surface area contributed by atoms with Gasteiger partial charge in [-0.1, -0.05) is 45.9 Å². The number of rotatable bonds is 5. The van der Waals surface area contributed by atoms with Crippen molar-refractivity contribution in [3.63, 3.8) is 0 Å². The van der Waals surface area contributed by atoms with Gasteiger partial charge in [-0.2, -0.15) is 0 Å². The average molecular weight is 287 g/mol. The van der Waals surface area contributed by atoms with Gasteiger partial charge in [-0.3, -0.25) is 0 Å². The van der Waals surface area contributed by atoms with Crippen LogP contribution in [-0.2, 0) is 0 Å². The van der Waals surface area contributed by atoms with Crippen molar-refractivity contribution >= 4 is 22.6 Å². The summed E-state index contributed by atoms with van der Waals surface area (Å²) in [6.07, 6.45) is 0. The minimum Gasteiger partial charge on any atom is -0.476 e. The lowest BCUT2D eigenvalue weighted by atomic mass is 9.81. The summed E-state index contributed by atoms with van der Waals surface area (Å²) in [5.74, 6) is -0.600. The zero-order chi connectivity index (χ0) is 15.6. The molecule has 0 amide bonds. The van der Waals surface area contributed by atoms with Crippen molar-refractivity contribution in [1.29, 1.82) is 0 Å². The van der Waals surface area contributed by atoms with E-state index in [1.807, 2.05) is 24.3 Å². The molecule has 5 heteroatoms. The zero-order valence-corrected chi connectivity index (χ0v) is 12.8.